The minimum Gasteiger partial charge on any atom is -0.465 e. The van der Waals surface area contributed by atoms with E-state index in [1.165, 1.54) is 7.11 Å². The second-order valence-corrected chi connectivity index (χ2v) is 7.24. The van der Waals surface area contributed by atoms with Gasteiger partial charge in [-0.3, -0.25) is 9.59 Å². The van der Waals surface area contributed by atoms with Gasteiger partial charge in [0.15, 0.2) is 0 Å². The molecule has 0 aliphatic carbocycles. The Labute approximate surface area is 160 Å². The van der Waals surface area contributed by atoms with Crippen molar-refractivity contribution in [3.8, 4) is 0 Å². The summed E-state index contributed by atoms with van der Waals surface area (Å²) >= 11 is 7.07. The Hall–Kier alpha value is -2.38. The van der Waals surface area contributed by atoms with Gasteiger partial charge in [0, 0.05) is 6.04 Å². The van der Waals surface area contributed by atoms with Crippen molar-refractivity contribution < 1.29 is 19.1 Å². The molecular weight excluding hydrogens is 376 g/mol. The number of nitrogens with one attached hydrogen (secondary N) is 2. The molecule has 0 aliphatic heterocycles. The maximum atomic E-state index is 12.5. The second kappa shape index (κ2) is 8.33. The first-order valence-corrected chi connectivity index (χ1v) is 9.04. The fourth-order valence-electron chi connectivity index (χ4n) is 2.31. The quantitative estimate of drug-likeness (QED) is 0.753. The van der Waals surface area contributed by atoms with E-state index in [9.17, 15) is 14.4 Å². The number of rotatable bonds is 5. The van der Waals surface area contributed by atoms with Crippen molar-refractivity contribution >= 4 is 45.7 Å². The van der Waals surface area contributed by atoms with Crippen LogP contribution < -0.4 is 10.6 Å². The summed E-state index contributed by atoms with van der Waals surface area (Å²) in [6.45, 7) is 5.31. The summed E-state index contributed by atoms with van der Waals surface area (Å²) in [5.41, 5.74) is 0.880. The monoisotopic (exact) mass is 394 g/mol. The van der Waals surface area contributed by atoms with Gasteiger partial charge in [-0.1, -0.05) is 23.7 Å². The molecule has 0 aliphatic rings. The van der Waals surface area contributed by atoms with Crippen LogP contribution >= 0.6 is 22.9 Å². The second-order valence-electron chi connectivity index (χ2n) is 5.81. The van der Waals surface area contributed by atoms with Crippen molar-refractivity contribution in [1.82, 2.24) is 5.32 Å². The summed E-state index contributed by atoms with van der Waals surface area (Å²) in [6, 6.07) is 6.50. The number of hydrogen-bond donors (Lipinski definition) is 2. The van der Waals surface area contributed by atoms with Crippen LogP contribution in [0.3, 0.4) is 0 Å². The third-order valence-electron chi connectivity index (χ3n) is 3.51. The Morgan fingerprint density at radius 2 is 1.81 bits per heavy atom. The van der Waals surface area contributed by atoms with Crippen molar-refractivity contribution in [2.45, 2.75) is 26.8 Å². The lowest BCUT2D eigenvalue weighted by Crippen LogP contribution is -2.29. The van der Waals surface area contributed by atoms with E-state index >= 15 is 0 Å². The lowest BCUT2D eigenvalue weighted by atomic mass is 10.1. The number of anilines is 1. The van der Waals surface area contributed by atoms with Crippen LogP contribution in [0.4, 0.5) is 5.00 Å². The first-order chi connectivity index (χ1) is 12.3. The van der Waals surface area contributed by atoms with Crippen LogP contribution in [0.2, 0.25) is 5.02 Å². The van der Waals surface area contributed by atoms with E-state index in [1.807, 2.05) is 13.8 Å². The maximum absolute atomic E-state index is 12.5. The fourth-order valence-corrected chi connectivity index (χ4v) is 3.62. The Bertz CT molecular complexity index is 861. The normalized spacial score (nSPS) is 10.5. The lowest BCUT2D eigenvalue weighted by molar-refractivity contribution is 0.0601. The van der Waals surface area contributed by atoms with Crippen molar-refractivity contribution in [3.63, 3.8) is 0 Å². The van der Waals surface area contributed by atoms with Crippen molar-refractivity contribution in [2.75, 3.05) is 12.4 Å². The van der Waals surface area contributed by atoms with E-state index in [4.69, 9.17) is 16.3 Å². The van der Waals surface area contributed by atoms with Gasteiger partial charge in [0.25, 0.3) is 11.8 Å². The number of hydrogen-bond acceptors (Lipinski definition) is 5. The molecule has 1 aromatic carbocycles. The van der Waals surface area contributed by atoms with Crippen LogP contribution in [-0.2, 0) is 4.74 Å². The van der Waals surface area contributed by atoms with Gasteiger partial charge >= 0.3 is 5.97 Å². The summed E-state index contributed by atoms with van der Waals surface area (Å²) < 4.78 is 4.80. The molecule has 0 bridgehead atoms. The molecule has 138 valence electrons. The Kier molecular flexibility index (Phi) is 6.39. The predicted octanol–water partition coefficient (Wildman–Crippen LogP) is 3.89. The Morgan fingerprint density at radius 1 is 1.15 bits per heavy atom. The first kappa shape index (κ1) is 19.9. The average Bonchev–Trinajstić information content (AvgIpc) is 2.90. The summed E-state index contributed by atoms with van der Waals surface area (Å²) in [4.78, 5) is 37.4. The highest BCUT2D eigenvalue weighted by Crippen LogP contribution is 2.34. The first-order valence-electron chi connectivity index (χ1n) is 7.84. The Morgan fingerprint density at radius 3 is 2.38 bits per heavy atom. The van der Waals surface area contributed by atoms with Crippen molar-refractivity contribution in [3.05, 3.63) is 50.9 Å². The summed E-state index contributed by atoms with van der Waals surface area (Å²) in [7, 11) is 1.24. The molecule has 0 spiro atoms. The molecule has 2 amide bonds. The van der Waals surface area contributed by atoms with Crippen LogP contribution in [0.1, 0.15) is 49.8 Å². The molecule has 0 atom stereocenters. The minimum absolute atomic E-state index is 0.0632. The smallest absolute Gasteiger partial charge is 0.341 e. The lowest BCUT2D eigenvalue weighted by Gasteiger charge is -2.07. The number of benzene rings is 1. The van der Waals surface area contributed by atoms with Gasteiger partial charge in [0.05, 0.1) is 28.1 Å². The van der Waals surface area contributed by atoms with E-state index < -0.39 is 11.9 Å². The zero-order chi connectivity index (χ0) is 19.4. The summed E-state index contributed by atoms with van der Waals surface area (Å²) in [6.07, 6.45) is 0. The van der Waals surface area contributed by atoms with Gasteiger partial charge < -0.3 is 15.4 Å². The molecule has 1 heterocycles. The molecule has 2 N–H and O–H groups in total. The van der Waals surface area contributed by atoms with Gasteiger partial charge in [-0.15, -0.1) is 11.3 Å². The van der Waals surface area contributed by atoms with E-state index in [1.54, 1.807) is 31.2 Å². The van der Waals surface area contributed by atoms with Crippen molar-refractivity contribution in [1.29, 1.82) is 0 Å². The zero-order valence-electron chi connectivity index (χ0n) is 14.8. The van der Waals surface area contributed by atoms with Gasteiger partial charge in [-0.05, 0) is 38.5 Å². The molecule has 0 saturated carbocycles. The number of methoxy groups -OCH3 is 1. The van der Waals surface area contributed by atoms with Crippen LogP contribution in [0.5, 0.6) is 0 Å². The number of halogens is 1. The van der Waals surface area contributed by atoms with Crippen LogP contribution in [0.25, 0.3) is 0 Å². The molecule has 0 radical (unpaired) electrons. The maximum Gasteiger partial charge on any atom is 0.341 e. The van der Waals surface area contributed by atoms with E-state index in [-0.39, 0.29) is 33.1 Å². The number of ether oxygens (including phenoxy) is 1. The molecule has 8 heteroatoms. The highest BCUT2D eigenvalue weighted by molar-refractivity contribution is 7.18. The molecule has 26 heavy (non-hydrogen) atoms. The molecule has 0 unspecified atom stereocenters. The molecule has 0 fully saturated rings. The number of amides is 2. The average molecular weight is 395 g/mol. The van der Waals surface area contributed by atoms with Gasteiger partial charge in [-0.2, -0.15) is 0 Å². The molecule has 2 aromatic rings. The summed E-state index contributed by atoms with van der Waals surface area (Å²) in [5, 5.41) is 5.97. The molecule has 1 aromatic heterocycles. The number of carbonyl (C=O) groups is 3. The topological polar surface area (TPSA) is 84.5 Å². The van der Waals surface area contributed by atoms with Gasteiger partial charge in [0.1, 0.15) is 5.00 Å². The zero-order valence-corrected chi connectivity index (χ0v) is 16.4. The standard InChI is InChI=1S/C18H19ClN2O4S/c1-9(2)20-16(23)14-10(3)13(18(24)25-4)17(26-14)21-15(22)11-7-5-6-8-12(11)19/h5-9H,1-4H3,(H,20,23)(H,21,22). The minimum atomic E-state index is -0.628. The number of carbonyl (C=O) groups excluding carboxylic acids is 3. The largest absolute Gasteiger partial charge is 0.465 e. The Balaban J connectivity index is 2.43. The molecular formula is C18H19ClN2O4S. The molecule has 0 saturated heterocycles. The third-order valence-corrected chi connectivity index (χ3v) is 5.04. The SMILES string of the molecule is COC(=O)c1c(NC(=O)c2ccccc2Cl)sc(C(=O)NC(C)C)c1C. The third kappa shape index (κ3) is 4.23. The highest BCUT2D eigenvalue weighted by atomic mass is 35.5. The van der Waals surface area contributed by atoms with Crippen LogP contribution in [0.15, 0.2) is 24.3 Å². The van der Waals surface area contributed by atoms with Crippen LogP contribution in [0, 0.1) is 6.92 Å². The molecule has 6 nitrogen and oxygen atoms in total. The number of esters is 1. The highest BCUT2D eigenvalue weighted by Gasteiger charge is 2.27. The van der Waals surface area contributed by atoms with E-state index in [0.29, 0.717) is 10.4 Å². The van der Waals surface area contributed by atoms with E-state index in [0.717, 1.165) is 11.3 Å². The van der Waals surface area contributed by atoms with Crippen LogP contribution in [-0.4, -0.2) is 30.9 Å². The van der Waals surface area contributed by atoms with Crippen molar-refractivity contribution in [2.24, 2.45) is 0 Å². The fraction of sp³-hybridized carbons (Fsp3) is 0.278. The number of thiophene rings is 1. The molecule has 2 rings (SSSR count). The predicted molar refractivity (Wildman–Crippen MR) is 102 cm³/mol. The van der Waals surface area contributed by atoms with Gasteiger partial charge in [0.2, 0.25) is 0 Å². The van der Waals surface area contributed by atoms with Gasteiger partial charge in [-0.25, -0.2) is 4.79 Å². The van der Waals surface area contributed by atoms with E-state index in [2.05, 4.69) is 10.6 Å². The summed E-state index contributed by atoms with van der Waals surface area (Å²) in [5.74, 6) is -1.42.